The third kappa shape index (κ3) is 3.06. The second kappa shape index (κ2) is 5.82. The molecule has 1 aromatic carbocycles. The van der Waals surface area contributed by atoms with Crippen molar-refractivity contribution < 1.29 is 19.1 Å². The average molecular weight is 301 g/mol. The van der Waals surface area contributed by atoms with Crippen molar-refractivity contribution in [3.63, 3.8) is 0 Å². The van der Waals surface area contributed by atoms with Crippen LogP contribution in [0.15, 0.2) is 18.2 Å². The van der Waals surface area contributed by atoms with Crippen LogP contribution in [0.4, 0.5) is 0 Å². The first-order chi connectivity index (χ1) is 8.01. The Labute approximate surface area is 108 Å². The fraction of sp³-hybridized carbons (Fsp3) is 0.333. The van der Waals surface area contributed by atoms with Crippen molar-refractivity contribution in [3.8, 4) is 0 Å². The Bertz CT molecular complexity index is 440. The molecule has 0 radical (unpaired) electrons. The summed E-state index contributed by atoms with van der Waals surface area (Å²) >= 11 is 3.39. The van der Waals surface area contributed by atoms with E-state index in [1.54, 1.807) is 12.1 Å². The van der Waals surface area contributed by atoms with Crippen LogP contribution < -0.4 is 0 Å². The average Bonchev–Trinajstić information content (AvgIpc) is 2.35. The summed E-state index contributed by atoms with van der Waals surface area (Å²) in [4.78, 5) is 23.0. The molecule has 0 saturated heterocycles. The number of esters is 2. The van der Waals surface area contributed by atoms with E-state index in [1.807, 2.05) is 6.92 Å². The number of ether oxygens (including phenoxy) is 2. The van der Waals surface area contributed by atoms with E-state index in [9.17, 15) is 9.59 Å². The summed E-state index contributed by atoms with van der Waals surface area (Å²) in [6.45, 7) is 1.89. The number of hydrogen-bond donors (Lipinski definition) is 0. The topological polar surface area (TPSA) is 52.6 Å². The lowest BCUT2D eigenvalue weighted by Gasteiger charge is -2.11. The fourth-order valence-electron chi connectivity index (χ4n) is 1.43. The second-order valence-corrected chi connectivity index (χ2v) is 4.77. The lowest BCUT2D eigenvalue weighted by Crippen LogP contribution is -2.09. The van der Waals surface area contributed by atoms with Crippen molar-refractivity contribution in [2.75, 3.05) is 14.2 Å². The number of carbonyl (C=O) groups excluding carboxylic acids is 2. The number of carbonyl (C=O) groups is 2. The van der Waals surface area contributed by atoms with E-state index in [2.05, 4.69) is 25.4 Å². The number of halogens is 1. The Morgan fingerprint density at radius 1 is 1.18 bits per heavy atom. The first-order valence-electron chi connectivity index (χ1n) is 4.96. The second-order valence-electron chi connectivity index (χ2n) is 3.40. The molecule has 92 valence electrons. The normalized spacial score (nSPS) is 11.8. The Balaban J connectivity index is 3.29. The van der Waals surface area contributed by atoms with Gasteiger partial charge in [-0.1, -0.05) is 22.0 Å². The predicted molar refractivity (Wildman–Crippen MR) is 66.5 cm³/mol. The number of alkyl halides is 1. The molecule has 0 amide bonds. The SMILES string of the molecule is COC(=O)c1ccc(C(C)Br)c(C(=O)OC)c1. The molecular formula is C12H13BrO4. The minimum Gasteiger partial charge on any atom is -0.465 e. The molecule has 1 atom stereocenters. The molecule has 1 unspecified atom stereocenters. The highest BCUT2D eigenvalue weighted by molar-refractivity contribution is 9.09. The molecule has 0 aromatic heterocycles. The molecule has 0 aliphatic heterocycles. The van der Waals surface area contributed by atoms with E-state index < -0.39 is 11.9 Å². The van der Waals surface area contributed by atoms with Gasteiger partial charge >= 0.3 is 11.9 Å². The number of benzene rings is 1. The van der Waals surface area contributed by atoms with Gasteiger partial charge < -0.3 is 9.47 Å². The highest BCUT2D eigenvalue weighted by Crippen LogP contribution is 2.26. The number of methoxy groups -OCH3 is 2. The summed E-state index contributed by atoms with van der Waals surface area (Å²) in [7, 11) is 2.59. The van der Waals surface area contributed by atoms with Crippen LogP contribution in [0.1, 0.15) is 38.0 Å². The van der Waals surface area contributed by atoms with Crippen LogP contribution >= 0.6 is 15.9 Å². The van der Waals surface area contributed by atoms with Gasteiger partial charge in [-0.2, -0.15) is 0 Å². The van der Waals surface area contributed by atoms with Gasteiger partial charge in [-0.3, -0.25) is 0 Å². The van der Waals surface area contributed by atoms with Crippen LogP contribution in [0.5, 0.6) is 0 Å². The molecule has 0 heterocycles. The van der Waals surface area contributed by atoms with Crippen LogP contribution in [0, 0.1) is 0 Å². The standard InChI is InChI=1S/C12H13BrO4/c1-7(13)9-5-4-8(11(14)16-2)6-10(9)12(15)17-3/h4-7H,1-3H3. The highest BCUT2D eigenvalue weighted by Gasteiger charge is 2.18. The quantitative estimate of drug-likeness (QED) is 0.636. The van der Waals surface area contributed by atoms with Gasteiger partial charge in [-0.15, -0.1) is 0 Å². The molecule has 4 nitrogen and oxygen atoms in total. The molecule has 5 heteroatoms. The molecule has 0 saturated carbocycles. The summed E-state index contributed by atoms with van der Waals surface area (Å²) in [5, 5.41) is 0. The first kappa shape index (κ1) is 13.7. The van der Waals surface area contributed by atoms with Gasteiger partial charge in [0.25, 0.3) is 0 Å². The minimum atomic E-state index is -0.482. The van der Waals surface area contributed by atoms with Crippen molar-refractivity contribution in [3.05, 3.63) is 34.9 Å². The molecule has 0 fully saturated rings. The van der Waals surface area contributed by atoms with Crippen molar-refractivity contribution >= 4 is 27.9 Å². The summed E-state index contributed by atoms with van der Waals surface area (Å²) in [5.74, 6) is -0.957. The predicted octanol–water partition coefficient (Wildman–Crippen LogP) is 2.72. The third-order valence-electron chi connectivity index (χ3n) is 2.31. The summed E-state index contributed by atoms with van der Waals surface area (Å²) in [6.07, 6.45) is 0. The zero-order valence-electron chi connectivity index (χ0n) is 9.82. The van der Waals surface area contributed by atoms with E-state index in [1.165, 1.54) is 20.3 Å². The van der Waals surface area contributed by atoms with Crippen LogP contribution in [0.3, 0.4) is 0 Å². The van der Waals surface area contributed by atoms with E-state index in [0.29, 0.717) is 11.1 Å². The molecule has 1 rings (SSSR count). The van der Waals surface area contributed by atoms with Gasteiger partial charge in [0.1, 0.15) is 0 Å². The van der Waals surface area contributed by atoms with Gasteiger partial charge in [0.05, 0.1) is 25.3 Å². The number of rotatable bonds is 3. The number of hydrogen-bond acceptors (Lipinski definition) is 4. The summed E-state index contributed by atoms with van der Waals surface area (Å²) < 4.78 is 9.29. The van der Waals surface area contributed by atoms with E-state index in [0.717, 1.165) is 5.56 Å². The molecule has 0 bridgehead atoms. The molecular weight excluding hydrogens is 288 g/mol. The molecule has 0 aliphatic carbocycles. The minimum absolute atomic E-state index is 0.0108. The van der Waals surface area contributed by atoms with Crippen LogP contribution in [-0.2, 0) is 9.47 Å². The summed E-state index contributed by atoms with van der Waals surface area (Å²) in [6, 6.07) is 4.80. The van der Waals surface area contributed by atoms with Gasteiger partial charge in [0.15, 0.2) is 0 Å². The largest absolute Gasteiger partial charge is 0.465 e. The van der Waals surface area contributed by atoms with Gasteiger partial charge in [0, 0.05) is 4.83 Å². The van der Waals surface area contributed by atoms with Gasteiger partial charge in [-0.05, 0) is 24.6 Å². The van der Waals surface area contributed by atoms with Crippen LogP contribution in [0.2, 0.25) is 0 Å². The Kier molecular flexibility index (Phi) is 4.69. The van der Waals surface area contributed by atoms with E-state index >= 15 is 0 Å². The lowest BCUT2D eigenvalue weighted by molar-refractivity contribution is 0.0598. The fourth-order valence-corrected chi connectivity index (χ4v) is 1.83. The highest BCUT2D eigenvalue weighted by atomic mass is 79.9. The molecule has 0 aliphatic rings. The molecule has 0 spiro atoms. The van der Waals surface area contributed by atoms with Gasteiger partial charge in [-0.25, -0.2) is 9.59 Å². The maximum absolute atomic E-state index is 11.6. The molecule has 1 aromatic rings. The molecule has 17 heavy (non-hydrogen) atoms. The lowest BCUT2D eigenvalue weighted by atomic mass is 10.0. The van der Waals surface area contributed by atoms with Crippen molar-refractivity contribution in [1.82, 2.24) is 0 Å². The van der Waals surface area contributed by atoms with Crippen molar-refractivity contribution in [2.24, 2.45) is 0 Å². The van der Waals surface area contributed by atoms with Crippen molar-refractivity contribution in [1.29, 1.82) is 0 Å². The zero-order valence-corrected chi connectivity index (χ0v) is 11.4. The van der Waals surface area contributed by atoms with Gasteiger partial charge in [0.2, 0.25) is 0 Å². The third-order valence-corrected chi connectivity index (χ3v) is 2.80. The Morgan fingerprint density at radius 2 is 1.76 bits per heavy atom. The zero-order chi connectivity index (χ0) is 13.0. The summed E-state index contributed by atoms with van der Waals surface area (Å²) in [5.41, 5.74) is 1.45. The van der Waals surface area contributed by atoms with Crippen LogP contribution in [-0.4, -0.2) is 26.2 Å². The molecule has 0 N–H and O–H groups in total. The maximum Gasteiger partial charge on any atom is 0.338 e. The monoisotopic (exact) mass is 300 g/mol. The van der Waals surface area contributed by atoms with E-state index in [-0.39, 0.29) is 4.83 Å². The Morgan fingerprint density at radius 3 is 2.24 bits per heavy atom. The Hall–Kier alpha value is -1.36. The first-order valence-corrected chi connectivity index (χ1v) is 5.87. The smallest absolute Gasteiger partial charge is 0.338 e. The maximum atomic E-state index is 11.6. The van der Waals surface area contributed by atoms with Crippen molar-refractivity contribution in [2.45, 2.75) is 11.8 Å². The van der Waals surface area contributed by atoms with E-state index in [4.69, 9.17) is 0 Å². The van der Waals surface area contributed by atoms with Crippen LogP contribution in [0.25, 0.3) is 0 Å².